The first kappa shape index (κ1) is 14.6. The van der Waals surface area contributed by atoms with Crippen LogP contribution < -0.4 is 11.1 Å². The summed E-state index contributed by atoms with van der Waals surface area (Å²) in [7, 11) is 0. The zero-order valence-corrected chi connectivity index (χ0v) is 11.8. The van der Waals surface area contributed by atoms with Crippen LogP contribution in [0.3, 0.4) is 0 Å². The average Bonchev–Trinajstić information content (AvgIpc) is 2.43. The molecule has 4 N–H and O–H groups in total. The number of nitrogens with one attached hydrogen (secondary N) is 1. The molecule has 2 aromatic rings. The minimum absolute atomic E-state index is 0.185. The van der Waals surface area contributed by atoms with E-state index in [1.54, 1.807) is 31.2 Å². The first-order chi connectivity index (χ1) is 9.88. The van der Waals surface area contributed by atoms with E-state index in [-0.39, 0.29) is 11.5 Å². The number of carboxylic acids is 1. The molecule has 0 unspecified atom stereocenters. The summed E-state index contributed by atoms with van der Waals surface area (Å²) >= 11 is 0. The summed E-state index contributed by atoms with van der Waals surface area (Å²) in [6.07, 6.45) is 0. The number of hydrogen-bond acceptors (Lipinski definition) is 3. The Balaban J connectivity index is 2.23. The topological polar surface area (TPSA) is 92.4 Å². The number of nitrogen functional groups attached to an aromatic ring is 1. The number of amides is 1. The molecule has 2 aromatic carbocycles. The van der Waals surface area contributed by atoms with Crippen molar-refractivity contribution in [2.75, 3.05) is 11.1 Å². The van der Waals surface area contributed by atoms with Crippen LogP contribution in [0.5, 0.6) is 0 Å². The van der Waals surface area contributed by atoms with Gasteiger partial charge < -0.3 is 16.2 Å². The molecule has 0 saturated heterocycles. The maximum Gasteiger partial charge on any atom is 0.335 e. The van der Waals surface area contributed by atoms with E-state index in [0.717, 1.165) is 5.56 Å². The Labute approximate surface area is 122 Å². The van der Waals surface area contributed by atoms with E-state index >= 15 is 0 Å². The predicted octanol–water partition coefficient (Wildman–Crippen LogP) is 2.84. The number of carbonyl (C=O) groups is 2. The minimum atomic E-state index is -0.998. The number of rotatable bonds is 3. The quantitative estimate of drug-likeness (QED) is 0.756. The number of benzene rings is 2. The highest BCUT2D eigenvalue weighted by molar-refractivity contribution is 6.05. The largest absolute Gasteiger partial charge is 0.478 e. The van der Waals surface area contributed by atoms with Crippen molar-refractivity contribution in [3.05, 3.63) is 58.7 Å². The summed E-state index contributed by atoms with van der Waals surface area (Å²) in [5.41, 5.74) is 9.16. The molecule has 0 fully saturated rings. The van der Waals surface area contributed by atoms with E-state index in [9.17, 15) is 9.59 Å². The zero-order chi connectivity index (χ0) is 15.6. The van der Waals surface area contributed by atoms with Gasteiger partial charge in [-0.25, -0.2) is 4.79 Å². The van der Waals surface area contributed by atoms with E-state index in [1.165, 1.54) is 12.1 Å². The number of anilines is 2. The fraction of sp³-hybridized carbons (Fsp3) is 0.125. The highest BCUT2D eigenvalue weighted by Gasteiger charge is 2.10. The van der Waals surface area contributed by atoms with Gasteiger partial charge in [-0.1, -0.05) is 6.07 Å². The first-order valence-corrected chi connectivity index (χ1v) is 6.40. The third-order valence-corrected chi connectivity index (χ3v) is 3.26. The summed E-state index contributed by atoms with van der Waals surface area (Å²) in [5.74, 6) is -1.28. The van der Waals surface area contributed by atoms with Crippen molar-refractivity contribution in [2.45, 2.75) is 13.8 Å². The molecule has 0 saturated carbocycles. The summed E-state index contributed by atoms with van der Waals surface area (Å²) < 4.78 is 0. The van der Waals surface area contributed by atoms with E-state index in [2.05, 4.69) is 5.32 Å². The van der Waals surface area contributed by atoms with Crippen molar-refractivity contribution in [2.24, 2.45) is 0 Å². The Morgan fingerprint density at radius 1 is 1.00 bits per heavy atom. The Hall–Kier alpha value is -2.82. The van der Waals surface area contributed by atoms with Gasteiger partial charge in [-0.2, -0.15) is 0 Å². The highest BCUT2D eigenvalue weighted by Crippen LogP contribution is 2.19. The normalized spacial score (nSPS) is 10.2. The van der Waals surface area contributed by atoms with Crippen LogP contribution >= 0.6 is 0 Å². The molecule has 2 rings (SSSR count). The summed E-state index contributed by atoms with van der Waals surface area (Å²) in [6, 6.07) is 9.64. The molecule has 21 heavy (non-hydrogen) atoms. The molecule has 0 atom stereocenters. The van der Waals surface area contributed by atoms with Crippen LogP contribution in [0.1, 0.15) is 31.8 Å². The molecule has 0 bridgehead atoms. The molecular formula is C16H16N2O3. The molecule has 0 aromatic heterocycles. The smallest absolute Gasteiger partial charge is 0.335 e. The zero-order valence-electron chi connectivity index (χ0n) is 11.8. The van der Waals surface area contributed by atoms with Crippen LogP contribution in [0.15, 0.2) is 36.4 Å². The second-order valence-electron chi connectivity index (χ2n) is 4.86. The lowest BCUT2D eigenvalue weighted by molar-refractivity contribution is 0.0696. The van der Waals surface area contributed by atoms with Gasteiger partial charge in [0.25, 0.3) is 5.91 Å². The fourth-order valence-corrected chi connectivity index (χ4v) is 1.91. The van der Waals surface area contributed by atoms with E-state index in [1.807, 2.05) is 6.92 Å². The second kappa shape index (κ2) is 5.66. The predicted molar refractivity (Wildman–Crippen MR) is 81.7 cm³/mol. The first-order valence-electron chi connectivity index (χ1n) is 6.40. The lowest BCUT2D eigenvalue weighted by Gasteiger charge is -2.10. The third kappa shape index (κ3) is 3.20. The Morgan fingerprint density at radius 2 is 1.67 bits per heavy atom. The van der Waals surface area contributed by atoms with Crippen LogP contribution in [-0.4, -0.2) is 17.0 Å². The summed E-state index contributed by atoms with van der Waals surface area (Å²) in [4.78, 5) is 23.0. The van der Waals surface area contributed by atoms with E-state index < -0.39 is 5.97 Å². The van der Waals surface area contributed by atoms with Gasteiger partial charge in [-0.15, -0.1) is 0 Å². The van der Waals surface area contributed by atoms with Gasteiger partial charge in [0, 0.05) is 16.9 Å². The maximum absolute atomic E-state index is 12.2. The van der Waals surface area contributed by atoms with Crippen LogP contribution in [0, 0.1) is 13.8 Å². The second-order valence-corrected chi connectivity index (χ2v) is 4.86. The van der Waals surface area contributed by atoms with Crippen molar-refractivity contribution >= 4 is 23.3 Å². The average molecular weight is 284 g/mol. The number of aromatic carboxylic acids is 1. The maximum atomic E-state index is 12.2. The van der Waals surface area contributed by atoms with E-state index in [4.69, 9.17) is 10.8 Å². The lowest BCUT2D eigenvalue weighted by Crippen LogP contribution is -2.13. The molecule has 5 heteroatoms. The van der Waals surface area contributed by atoms with Gasteiger partial charge in [-0.3, -0.25) is 4.79 Å². The van der Waals surface area contributed by atoms with Gasteiger partial charge in [0.15, 0.2) is 0 Å². The Morgan fingerprint density at radius 3 is 2.24 bits per heavy atom. The number of hydrogen-bond donors (Lipinski definition) is 3. The van der Waals surface area contributed by atoms with Crippen molar-refractivity contribution in [1.82, 2.24) is 0 Å². The molecule has 5 nitrogen and oxygen atoms in total. The van der Waals surface area contributed by atoms with Crippen LogP contribution in [0.2, 0.25) is 0 Å². The molecule has 0 aliphatic rings. The van der Waals surface area contributed by atoms with Gasteiger partial charge >= 0.3 is 5.97 Å². The van der Waals surface area contributed by atoms with Gasteiger partial charge in [0.1, 0.15) is 0 Å². The molecule has 1 amide bonds. The molecule has 0 radical (unpaired) electrons. The lowest BCUT2D eigenvalue weighted by atomic mass is 10.1. The number of aryl methyl sites for hydroxylation is 2. The molecule has 108 valence electrons. The minimum Gasteiger partial charge on any atom is -0.478 e. The van der Waals surface area contributed by atoms with Crippen molar-refractivity contribution in [3.8, 4) is 0 Å². The Bertz CT molecular complexity index is 723. The standard InChI is InChI=1S/C16H16N2O3/c1-9-3-4-11(8-13(9)17)15(19)18-14-6-5-12(16(20)21)7-10(14)2/h3-8H,17H2,1-2H3,(H,18,19)(H,20,21). The molecule has 0 aliphatic carbocycles. The van der Waals surface area contributed by atoms with Crippen LogP contribution in [-0.2, 0) is 0 Å². The van der Waals surface area contributed by atoms with Crippen LogP contribution in [0.25, 0.3) is 0 Å². The molecule has 0 heterocycles. The third-order valence-electron chi connectivity index (χ3n) is 3.26. The van der Waals surface area contributed by atoms with Gasteiger partial charge in [-0.05, 0) is 55.3 Å². The van der Waals surface area contributed by atoms with Gasteiger partial charge in [0.2, 0.25) is 0 Å². The monoisotopic (exact) mass is 284 g/mol. The highest BCUT2D eigenvalue weighted by atomic mass is 16.4. The van der Waals surface area contributed by atoms with Gasteiger partial charge in [0.05, 0.1) is 5.56 Å². The molecular weight excluding hydrogens is 268 g/mol. The number of carbonyl (C=O) groups excluding carboxylic acids is 1. The SMILES string of the molecule is Cc1ccc(C(=O)Nc2ccc(C(=O)O)cc2C)cc1N. The Kier molecular flexibility index (Phi) is 3.93. The van der Waals surface area contributed by atoms with E-state index in [0.29, 0.717) is 22.5 Å². The molecule has 0 spiro atoms. The van der Waals surface area contributed by atoms with Crippen molar-refractivity contribution in [1.29, 1.82) is 0 Å². The number of carboxylic acid groups (broad SMARTS) is 1. The van der Waals surface area contributed by atoms with Crippen molar-refractivity contribution < 1.29 is 14.7 Å². The van der Waals surface area contributed by atoms with Crippen molar-refractivity contribution in [3.63, 3.8) is 0 Å². The fourth-order valence-electron chi connectivity index (χ4n) is 1.91. The molecule has 0 aliphatic heterocycles. The number of nitrogens with two attached hydrogens (primary N) is 1. The van der Waals surface area contributed by atoms with Crippen LogP contribution in [0.4, 0.5) is 11.4 Å². The summed E-state index contributed by atoms with van der Waals surface area (Å²) in [6.45, 7) is 3.61. The summed E-state index contributed by atoms with van der Waals surface area (Å²) in [5, 5.41) is 11.7.